The number of nitrogens with zero attached hydrogens (tertiary/aromatic N) is 5. The molecule has 4 aromatic rings. The summed E-state index contributed by atoms with van der Waals surface area (Å²) in [6.07, 6.45) is -4.55. The molecule has 2 aromatic heterocycles. The molecule has 0 fully saturated rings. The summed E-state index contributed by atoms with van der Waals surface area (Å²) in [6, 6.07) is 13.6. The molecular weight excluding hydrogens is 471 g/mol. The van der Waals surface area contributed by atoms with Crippen molar-refractivity contribution in [3.8, 4) is 0 Å². The van der Waals surface area contributed by atoms with Crippen LogP contribution in [0.4, 0.5) is 30.6 Å². The van der Waals surface area contributed by atoms with Crippen molar-refractivity contribution in [1.82, 2.24) is 19.5 Å². The van der Waals surface area contributed by atoms with E-state index in [0.29, 0.717) is 40.7 Å². The summed E-state index contributed by atoms with van der Waals surface area (Å²) < 4.78 is 42.0. The van der Waals surface area contributed by atoms with Gasteiger partial charge in [0.25, 0.3) is 0 Å². The predicted molar refractivity (Wildman–Crippen MR) is 131 cm³/mol. The van der Waals surface area contributed by atoms with Crippen LogP contribution in [-0.2, 0) is 24.1 Å². The van der Waals surface area contributed by atoms with Gasteiger partial charge in [0.15, 0.2) is 5.82 Å². The lowest BCUT2D eigenvalue weighted by Gasteiger charge is -2.32. The Balaban J connectivity index is 1.32. The lowest BCUT2D eigenvalue weighted by Crippen LogP contribution is -2.44. The van der Waals surface area contributed by atoms with E-state index in [1.807, 2.05) is 19.2 Å². The number of imidazole rings is 1. The maximum Gasteiger partial charge on any atom is 0.449 e. The van der Waals surface area contributed by atoms with Crippen molar-refractivity contribution in [2.24, 2.45) is 0 Å². The van der Waals surface area contributed by atoms with Crippen molar-refractivity contribution in [2.75, 3.05) is 22.6 Å². The summed E-state index contributed by atoms with van der Waals surface area (Å²) in [5.74, 6) is 0.0408. The van der Waals surface area contributed by atoms with Crippen LogP contribution in [0.25, 0.3) is 11.0 Å². The number of rotatable bonds is 5. The number of likely N-dealkylation sites (N-methyl/N-ethyl adjacent to an activating group) is 1. The second kappa shape index (κ2) is 8.81. The number of amides is 1. The van der Waals surface area contributed by atoms with E-state index in [9.17, 15) is 18.0 Å². The highest BCUT2D eigenvalue weighted by atomic mass is 19.4. The second-order valence-corrected chi connectivity index (χ2v) is 8.79. The third-order valence-electron chi connectivity index (χ3n) is 6.34. The molecule has 0 bridgehead atoms. The van der Waals surface area contributed by atoms with Crippen LogP contribution in [0.5, 0.6) is 0 Å². The zero-order valence-corrected chi connectivity index (χ0v) is 19.9. The number of carbonyl (C=O) groups is 1. The van der Waals surface area contributed by atoms with Gasteiger partial charge >= 0.3 is 6.18 Å². The molecule has 0 radical (unpaired) electrons. The summed E-state index contributed by atoms with van der Waals surface area (Å²) in [7, 11) is 1.81. The normalized spacial score (nSPS) is 15.7. The smallest absolute Gasteiger partial charge is 0.350 e. The van der Waals surface area contributed by atoms with E-state index in [4.69, 9.17) is 0 Å². The minimum atomic E-state index is -4.55. The number of hydrogen-bond donors (Lipinski definition) is 2. The fourth-order valence-corrected chi connectivity index (χ4v) is 4.20. The Hall–Kier alpha value is -4.15. The fourth-order valence-electron chi connectivity index (χ4n) is 4.20. The molecular formula is C25H24F3N7O. The van der Waals surface area contributed by atoms with Crippen LogP contribution < -0.4 is 15.5 Å². The topological polar surface area (TPSA) is 88.0 Å². The first-order valence-electron chi connectivity index (χ1n) is 11.4. The van der Waals surface area contributed by atoms with Gasteiger partial charge in [0.05, 0.1) is 16.7 Å². The van der Waals surface area contributed by atoms with Gasteiger partial charge in [-0.3, -0.25) is 4.79 Å². The van der Waals surface area contributed by atoms with Crippen molar-refractivity contribution >= 4 is 34.4 Å². The number of para-hydroxylation sites is 2. The van der Waals surface area contributed by atoms with Gasteiger partial charge in [0, 0.05) is 20.1 Å². The molecule has 36 heavy (non-hydrogen) atoms. The van der Waals surface area contributed by atoms with Crippen LogP contribution in [0.1, 0.15) is 29.6 Å². The quantitative estimate of drug-likeness (QED) is 0.421. The van der Waals surface area contributed by atoms with Crippen LogP contribution in [0.2, 0.25) is 0 Å². The molecule has 3 heterocycles. The molecule has 1 atom stereocenters. The molecule has 1 aliphatic heterocycles. The summed E-state index contributed by atoms with van der Waals surface area (Å²) in [6.45, 7) is 4.08. The molecule has 5 rings (SSSR count). The zero-order chi connectivity index (χ0) is 25.6. The van der Waals surface area contributed by atoms with E-state index in [1.165, 1.54) is 4.57 Å². The number of alkyl halides is 3. The highest BCUT2D eigenvalue weighted by Crippen LogP contribution is 2.33. The predicted octanol–water partition coefficient (Wildman–Crippen LogP) is 4.59. The third-order valence-corrected chi connectivity index (χ3v) is 6.34. The summed E-state index contributed by atoms with van der Waals surface area (Å²) in [5, 5.41) is 6.04. The van der Waals surface area contributed by atoms with Gasteiger partial charge < -0.3 is 20.1 Å². The molecule has 2 N–H and O–H groups in total. The molecule has 0 aliphatic carbocycles. The van der Waals surface area contributed by atoms with Crippen molar-refractivity contribution in [1.29, 1.82) is 0 Å². The third kappa shape index (κ3) is 4.32. The Morgan fingerprint density at radius 3 is 2.44 bits per heavy atom. The molecule has 0 saturated carbocycles. The van der Waals surface area contributed by atoms with Crippen LogP contribution in [-0.4, -0.2) is 38.5 Å². The molecule has 186 valence electrons. The Kier molecular flexibility index (Phi) is 5.77. The fraction of sp³-hybridized carbons (Fsp3) is 0.280. The molecule has 1 aliphatic rings. The van der Waals surface area contributed by atoms with Crippen LogP contribution in [0.3, 0.4) is 0 Å². The number of benzene rings is 2. The number of nitrogens with one attached hydrogen (secondary N) is 2. The highest BCUT2D eigenvalue weighted by Gasteiger charge is 2.37. The van der Waals surface area contributed by atoms with Gasteiger partial charge in [-0.05, 0) is 37.1 Å². The largest absolute Gasteiger partial charge is 0.449 e. The van der Waals surface area contributed by atoms with Crippen LogP contribution >= 0.6 is 0 Å². The van der Waals surface area contributed by atoms with Gasteiger partial charge in [-0.2, -0.15) is 18.2 Å². The summed E-state index contributed by atoms with van der Waals surface area (Å²) in [4.78, 5) is 26.7. The van der Waals surface area contributed by atoms with Gasteiger partial charge in [-0.25, -0.2) is 9.97 Å². The van der Waals surface area contributed by atoms with E-state index >= 15 is 0 Å². The monoisotopic (exact) mass is 495 g/mol. The molecule has 11 heteroatoms. The van der Waals surface area contributed by atoms with Gasteiger partial charge in [0.2, 0.25) is 17.7 Å². The Morgan fingerprint density at radius 2 is 1.72 bits per heavy atom. The first kappa shape index (κ1) is 23.6. The Labute approximate surface area is 205 Å². The lowest BCUT2D eigenvalue weighted by molar-refractivity contribution is -0.146. The number of aromatic nitrogens is 4. The van der Waals surface area contributed by atoms with Crippen molar-refractivity contribution in [2.45, 2.75) is 39.2 Å². The number of carbonyl (C=O) groups excluding carboxylic acids is 1. The van der Waals surface area contributed by atoms with Crippen molar-refractivity contribution in [3.05, 3.63) is 71.2 Å². The maximum absolute atomic E-state index is 13.6. The molecule has 0 unspecified atom stereocenters. The van der Waals surface area contributed by atoms with Gasteiger partial charge in [-0.15, -0.1) is 0 Å². The minimum Gasteiger partial charge on any atom is -0.350 e. The van der Waals surface area contributed by atoms with Crippen LogP contribution in [0, 0.1) is 6.92 Å². The van der Waals surface area contributed by atoms with Crippen LogP contribution in [0.15, 0.2) is 48.5 Å². The van der Waals surface area contributed by atoms with Gasteiger partial charge in [-0.1, -0.05) is 36.4 Å². The number of anilines is 3. The standard InChI is InChI=1S/C25H24F3N7O/c1-14-20-21(34(3)15(2)22(36)32-20)33-24(30-14)29-12-16-8-10-17(11-9-16)13-35-19-7-5-4-6-18(19)31-23(35)25(26,27)28/h4-11,15H,12-13H2,1-3H3,(H,32,36)(H,29,30,33)/t15-/m0/s1. The summed E-state index contributed by atoms with van der Waals surface area (Å²) in [5.41, 5.74) is 3.63. The lowest BCUT2D eigenvalue weighted by atomic mass is 10.1. The highest BCUT2D eigenvalue weighted by molar-refractivity contribution is 6.03. The van der Waals surface area contributed by atoms with E-state index in [1.54, 1.807) is 55.1 Å². The second-order valence-electron chi connectivity index (χ2n) is 8.79. The molecule has 2 aromatic carbocycles. The first-order chi connectivity index (χ1) is 17.1. The van der Waals surface area contributed by atoms with Crippen molar-refractivity contribution < 1.29 is 18.0 Å². The number of hydrogen-bond acceptors (Lipinski definition) is 6. The average molecular weight is 496 g/mol. The minimum absolute atomic E-state index is 0.0480. The van der Waals surface area contributed by atoms with E-state index in [0.717, 1.165) is 11.1 Å². The molecule has 0 saturated heterocycles. The molecule has 8 nitrogen and oxygen atoms in total. The summed E-state index contributed by atoms with van der Waals surface area (Å²) >= 11 is 0. The Bertz CT molecular complexity index is 1450. The zero-order valence-electron chi connectivity index (χ0n) is 19.9. The number of halogens is 3. The first-order valence-corrected chi connectivity index (χ1v) is 11.4. The van der Waals surface area contributed by atoms with E-state index in [2.05, 4.69) is 25.6 Å². The molecule has 1 amide bonds. The number of fused-ring (bicyclic) bond motifs is 2. The SMILES string of the molecule is Cc1nc(NCc2ccc(Cn3c(C(F)(F)F)nc4ccccc43)cc2)nc2c1NC(=O)[C@H](C)N2C. The van der Waals surface area contributed by atoms with E-state index in [-0.39, 0.29) is 18.5 Å². The average Bonchev–Trinajstić information content (AvgIpc) is 3.22. The van der Waals surface area contributed by atoms with E-state index < -0.39 is 12.0 Å². The molecule has 0 spiro atoms. The Morgan fingerprint density at radius 1 is 1.03 bits per heavy atom. The van der Waals surface area contributed by atoms with Crippen molar-refractivity contribution in [3.63, 3.8) is 0 Å². The van der Waals surface area contributed by atoms with Gasteiger partial charge in [0.1, 0.15) is 11.7 Å². The maximum atomic E-state index is 13.6. The number of aryl methyl sites for hydroxylation is 1.